The summed E-state index contributed by atoms with van der Waals surface area (Å²) in [4.78, 5) is 27.4. The summed E-state index contributed by atoms with van der Waals surface area (Å²) in [6, 6.07) is 12.0. The van der Waals surface area contributed by atoms with Gasteiger partial charge in [-0.2, -0.15) is 4.31 Å². The fourth-order valence-corrected chi connectivity index (χ4v) is 5.53. The van der Waals surface area contributed by atoms with Crippen molar-refractivity contribution in [1.29, 1.82) is 0 Å². The minimum Gasteiger partial charge on any atom is -0.340 e. The Morgan fingerprint density at radius 2 is 1.52 bits per heavy atom. The third-order valence-electron chi connectivity index (χ3n) is 5.61. The van der Waals surface area contributed by atoms with E-state index in [1.807, 2.05) is 18.2 Å². The van der Waals surface area contributed by atoms with Gasteiger partial charge in [0.2, 0.25) is 21.8 Å². The van der Waals surface area contributed by atoms with E-state index in [1.54, 1.807) is 17.0 Å². The number of hydrogen-bond acceptors (Lipinski definition) is 4. The van der Waals surface area contributed by atoms with Gasteiger partial charge in [-0.25, -0.2) is 17.2 Å². The van der Waals surface area contributed by atoms with E-state index in [2.05, 4.69) is 0 Å². The number of anilines is 1. The van der Waals surface area contributed by atoms with Gasteiger partial charge in [0.25, 0.3) is 0 Å². The van der Waals surface area contributed by atoms with Crippen molar-refractivity contribution in [2.75, 3.05) is 37.6 Å². The SMILES string of the molecule is O=C(C1CC(=O)N(c2ccccc2)C1)N1CCN(S(=O)(=O)c2c(F)cccc2F)CC1. The second-order valence-corrected chi connectivity index (χ2v) is 9.40. The maximum atomic E-state index is 14.0. The quantitative estimate of drug-likeness (QED) is 0.714. The molecule has 1 unspecified atom stereocenters. The number of hydrogen-bond donors (Lipinski definition) is 0. The molecule has 1 atom stereocenters. The van der Waals surface area contributed by atoms with Crippen LogP contribution in [0, 0.1) is 17.6 Å². The largest absolute Gasteiger partial charge is 0.340 e. The first kappa shape index (κ1) is 21.4. The summed E-state index contributed by atoms with van der Waals surface area (Å²) in [5.41, 5.74) is 0.727. The Kier molecular flexibility index (Phi) is 5.76. The van der Waals surface area contributed by atoms with Crippen molar-refractivity contribution in [2.24, 2.45) is 5.92 Å². The third kappa shape index (κ3) is 4.05. The summed E-state index contributed by atoms with van der Waals surface area (Å²) in [5.74, 6) is -3.17. The number of amides is 2. The maximum absolute atomic E-state index is 14.0. The van der Waals surface area contributed by atoms with Crippen molar-refractivity contribution >= 4 is 27.5 Å². The molecule has 0 bridgehead atoms. The number of halogens is 2. The molecule has 2 fully saturated rings. The molecule has 2 aromatic carbocycles. The first-order valence-electron chi connectivity index (χ1n) is 9.87. The Morgan fingerprint density at radius 3 is 2.13 bits per heavy atom. The number of carbonyl (C=O) groups excluding carboxylic acids is 2. The second kappa shape index (κ2) is 8.35. The van der Waals surface area contributed by atoms with Gasteiger partial charge in [-0.15, -0.1) is 0 Å². The zero-order valence-electron chi connectivity index (χ0n) is 16.6. The molecule has 164 valence electrons. The van der Waals surface area contributed by atoms with Crippen molar-refractivity contribution < 1.29 is 26.8 Å². The minimum absolute atomic E-state index is 0.0785. The summed E-state index contributed by atoms with van der Waals surface area (Å²) in [6.07, 6.45) is 0.0900. The van der Waals surface area contributed by atoms with E-state index in [-0.39, 0.29) is 51.0 Å². The van der Waals surface area contributed by atoms with Gasteiger partial charge in [0.05, 0.1) is 5.92 Å². The molecule has 0 radical (unpaired) electrons. The van der Waals surface area contributed by atoms with Crippen LogP contribution in [0.3, 0.4) is 0 Å². The number of sulfonamides is 1. The molecular formula is C21H21F2N3O4S. The third-order valence-corrected chi connectivity index (χ3v) is 7.56. The van der Waals surface area contributed by atoms with Crippen LogP contribution in [-0.4, -0.2) is 62.2 Å². The highest BCUT2D eigenvalue weighted by molar-refractivity contribution is 7.89. The van der Waals surface area contributed by atoms with E-state index in [0.29, 0.717) is 0 Å². The molecule has 7 nitrogen and oxygen atoms in total. The topological polar surface area (TPSA) is 78.0 Å². The van der Waals surface area contributed by atoms with Crippen LogP contribution in [-0.2, 0) is 19.6 Å². The molecule has 0 N–H and O–H groups in total. The van der Waals surface area contributed by atoms with Gasteiger partial charge in [0, 0.05) is 44.8 Å². The van der Waals surface area contributed by atoms with E-state index in [0.717, 1.165) is 28.2 Å². The highest BCUT2D eigenvalue weighted by Gasteiger charge is 2.39. The molecule has 0 aliphatic carbocycles. The first-order chi connectivity index (χ1) is 14.8. The number of rotatable bonds is 4. The molecular weight excluding hydrogens is 428 g/mol. The van der Waals surface area contributed by atoms with E-state index in [4.69, 9.17) is 0 Å². The standard InChI is InChI=1S/C21H21F2N3O4S/c22-17-7-4-8-18(23)20(17)31(29,30)25-11-9-24(10-12-25)21(28)15-13-19(27)26(14-15)16-5-2-1-3-6-16/h1-8,15H,9-14H2. The molecule has 2 aliphatic heterocycles. The molecule has 0 aromatic heterocycles. The lowest BCUT2D eigenvalue weighted by Gasteiger charge is -2.35. The molecule has 2 heterocycles. The fraction of sp³-hybridized carbons (Fsp3) is 0.333. The lowest BCUT2D eigenvalue weighted by atomic mass is 10.1. The number of piperazine rings is 1. The van der Waals surface area contributed by atoms with Crippen molar-refractivity contribution in [1.82, 2.24) is 9.21 Å². The van der Waals surface area contributed by atoms with Gasteiger partial charge in [-0.05, 0) is 24.3 Å². The van der Waals surface area contributed by atoms with Crippen LogP contribution in [0.1, 0.15) is 6.42 Å². The Balaban J connectivity index is 1.41. The van der Waals surface area contributed by atoms with Crippen LogP contribution in [0.4, 0.5) is 14.5 Å². The number of nitrogens with zero attached hydrogens (tertiary/aromatic N) is 3. The van der Waals surface area contributed by atoms with Crippen LogP contribution in [0.5, 0.6) is 0 Å². The van der Waals surface area contributed by atoms with Gasteiger partial charge in [-0.3, -0.25) is 9.59 Å². The number of benzene rings is 2. The van der Waals surface area contributed by atoms with Gasteiger partial charge in [-0.1, -0.05) is 24.3 Å². The maximum Gasteiger partial charge on any atom is 0.249 e. The average molecular weight is 449 g/mol. The van der Waals surface area contributed by atoms with Crippen molar-refractivity contribution in [3.8, 4) is 0 Å². The molecule has 2 aromatic rings. The summed E-state index contributed by atoms with van der Waals surface area (Å²) in [6.45, 7) is 0.283. The van der Waals surface area contributed by atoms with Gasteiger partial charge < -0.3 is 9.80 Å². The Hall–Kier alpha value is -2.85. The zero-order chi connectivity index (χ0) is 22.2. The van der Waals surface area contributed by atoms with E-state index >= 15 is 0 Å². The van der Waals surface area contributed by atoms with Gasteiger partial charge in [0.1, 0.15) is 11.6 Å². The van der Waals surface area contributed by atoms with Crippen LogP contribution in [0.2, 0.25) is 0 Å². The van der Waals surface area contributed by atoms with Crippen molar-refractivity contribution in [3.05, 3.63) is 60.2 Å². The molecule has 0 spiro atoms. The van der Waals surface area contributed by atoms with Crippen LogP contribution in [0.15, 0.2) is 53.4 Å². The predicted molar refractivity (Wildman–Crippen MR) is 109 cm³/mol. The lowest BCUT2D eigenvalue weighted by molar-refractivity contribution is -0.136. The predicted octanol–water partition coefficient (Wildman–Crippen LogP) is 1.85. The lowest BCUT2D eigenvalue weighted by Crippen LogP contribution is -2.52. The molecule has 4 rings (SSSR count). The van der Waals surface area contributed by atoms with Crippen LogP contribution < -0.4 is 4.90 Å². The number of carbonyl (C=O) groups is 2. The Bertz CT molecular complexity index is 1080. The highest BCUT2D eigenvalue weighted by atomic mass is 32.2. The molecule has 10 heteroatoms. The molecule has 2 amide bonds. The second-order valence-electron chi connectivity index (χ2n) is 7.52. The summed E-state index contributed by atoms with van der Waals surface area (Å²) in [7, 11) is -4.36. The van der Waals surface area contributed by atoms with Crippen molar-refractivity contribution in [2.45, 2.75) is 11.3 Å². The summed E-state index contributed by atoms with van der Waals surface area (Å²) < 4.78 is 54.3. The summed E-state index contributed by atoms with van der Waals surface area (Å²) >= 11 is 0. The normalized spacial score (nSPS) is 20.3. The van der Waals surface area contributed by atoms with Crippen LogP contribution >= 0.6 is 0 Å². The van der Waals surface area contributed by atoms with Crippen molar-refractivity contribution in [3.63, 3.8) is 0 Å². The average Bonchev–Trinajstić information content (AvgIpc) is 3.15. The summed E-state index contributed by atoms with van der Waals surface area (Å²) in [5, 5.41) is 0. The smallest absolute Gasteiger partial charge is 0.249 e. The zero-order valence-corrected chi connectivity index (χ0v) is 17.4. The van der Waals surface area contributed by atoms with Gasteiger partial charge in [0.15, 0.2) is 4.90 Å². The van der Waals surface area contributed by atoms with E-state index in [1.165, 1.54) is 4.90 Å². The Morgan fingerprint density at radius 1 is 0.903 bits per heavy atom. The first-order valence-corrected chi connectivity index (χ1v) is 11.3. The van der Waals surface area contributed by atoms with E-state index in [9.17, 15) is 26.8 Å². The fourth-order valence-electron chi connectivity index (χ4n) is 4.00. The molecule has 31 heavy (non-hydrogen) atoms. The number of para-hydroxylation sites is 1. The minimum atomic E-state index is -4.36. The van der Waals surface area contributed by atoms with E-state index < -0.39 is 32.5 Å². The molecule has 2 aliphatic rings. The highest BCUT2D eigenvalue weighted by Crippen LogP contribution is 2.28. The molecule has 2 saturated heterocycles. The molecule has 0 saturated carbocycles. The monoisotopic (exact) mass is 449 g/mol. The van der Waals surface area contributed by atoms with Crippen LogP contribution in [0.25, 0.3) is 0 Å². The van der Waals surface area contributed by atoms with Gasteiger partial charge >= 0.3 is 0 Å². The Labute approximate surface area is 178 Å².